The average Bonchev–Trinajstić information content (AvgIpc) is 3.39. The molecular weight excluding hydrogens is 400 g/mol. The number of pyridine rings is 1. The zero-order valence-electron chi connectivity index (χ0n) is 18.1. The quantitative estimate of drug-likeness (QED) is 0.519. The van der Waals surface area contributed by atoms with E-state index in [1.807, 2.05) is 79.3 Å². The normalized spacial score (nSPS) is 14.6. The predicted octanol–water partition coefficient (Wildman–Crippen LogP) is 4.28. The van der Waals surface area contributed by atoms with Gasteiger partial charge in [-0.05, 0) is 49.7 Å². The molecule has 1 amide bonds. The van der Waals surface area contributed by atoms with Crippen LogP contribution < -0.4 is 10.1 Å². The van der Waals surface area contributed by atoms with Gasteiger partial charge < -0.3 is 10.1 Å². The van der Waals surface area contributed by atoms with Gasteiger partial charge in [0, 0.05) is 41.2 Å². The number of nitrogens with zero attached hydrogens (tertiary/aromatic N) is 3. The highest BCUT2D eigenvalue weighted by Gasteiger charge is 2.26. The SMILES string of the molecule is Cc1cc(C)n(-c2cccc(C(=O)NCC3Cc4cccc(-c5cccnc5)c4O3)c2)n1. The lowest BCUT2D eigenvalue weighted by atomic mass is 10.0. The van der Waals surface area contributed by atoms with Crippen LogP contribution in [0, 0.1) is 13.8 Å². The minimum atomic E-state index is -0.125. The second-order valence-electron chi connectivity index (χ2n) is 8.08. The molecular formula is C26H24N4O2. The van der Waals surface area contributed by atoms with E-state index in [9.17, 15) is 4.79 Å². The number of para-hydroxylation sites is 1. The van der Waals surface area contributed by atoms with Crippen molar-refractivity contribution in [2.75, 3.05) is 6.54 Å². The number of hydrogen-bond acceptors (Lipinski definition) is 4. The number of benzene rings is 2. The highest BCUT2D eigenvalue weighted by molar-refractivity contribution is 5.94. The second-order valence-corrected chi connectivity index (χ2v) is 8.08. The molecule has 0 radical (unpaired) electrons. The van der Waals surface area contributed by atoms with Crippen molar-refractivity contribution >= 4 is 5.91 Å². The second kappa shape index (κ2) is 8.30. The number of aromatic nitrogens is 3. The number of fused-ring (bicyclic) bond motifs is 1. The molecule has 1 aliphatic rings. The Morgan fingerprint density at radius 2 is 2.00 bits per heavy atom. The molecule has 0 aliphatic carbocycles. The van der Waals surface area contributed by atoms with Crippen molar-refractivity contribution < 1.29 is 9.53 Å². The topological polar surface area (TPSA) is 69.0 Å². The summed E-state index contributed by atoms with van der Waals surface area (Å²) >= 11 is 0. The Balaban J connectivity index is 1.27. The standard InChI is InChI=1S/C26H24N4O2/c1-17-12-18(2)30(29-17)22-9-3-7-20(13-22)26(31)28-16-23-14-19-6-4-10-24(25(19)32-23)21-8-5-11-27-15-21/h3-13,15,23H,14,16H2,1-2H3,(H,28,31). The Bertz CT molecular complexity index is 1280. The highest BCUT2D eigenvalue weighted by Crippen LogP contribution is 2.38. The molecule has 4 aromatic rings. The van der Waals surface area contributed by atoms with Gasteiger partial charge in [0.05, 0.1) is 17.9 Å². The maximum absolute atomic E-state index is 12.8. The number of rotatable bonds is 5. The molecule has 0 fully saturated rings. The third-order valence-corrected chi connectivity index (χ3v) is 5.65. The summed E-state index contributed by atoms with van der Waals surface area (Å²) in [6.07, 6.45) is 4.25. The molecule has 160 valence electrons. The van der Waals surface area contributed by atoms with E-state index < -0.39 is 0 Å². The van der Waals surface area contributed by atoms with Crippen molar-refractivity contribution in [1.82, 2.24) is 20.1 Å². The van der Waals surface area contributed by atoms with E-state index in [1.54, 1.807) is 6.20 Å². The van der Waals surface area contributed by atoms with Crippen LogP contribution in [0.3, 0.4) is 0 Å². The first-order valence-corrected chi connectivity index (χ1v) is 10.7. The molecule has 6 nitrogen and oxygen atoms in total. The van der Waals surface area contributed by atoms with Gasteiger partial charge in [0.1, 0.15) is 11.9 Å². The molecule has 6 heteroatoms. The van der Waals surface area contributed by atoms with Gasteiger partial charge in [0.25, 0.3) is 5.91 Å². The van der Waals surface area contributed by atoms with E-state index in [0.29, 0.717) is 12.1 Å². The molecule has 0 bridgehead atoms. The third-order valence-electron chi connectivity index (χ3n) is 5.65. The molecule has 1 unspecified atom stereocenters. The van der Waals surface area contributed by atoms with Crippen molar-refractivity contribution in [3.63, 3.8) is 0 Å². The maximum atomic E-state index is 12.8. The summed E-state index contributed by atoms with van der Waals surface area (Å²) in [5, 5.41) is 7.53. The molecule has 1 aliphatic heterocycles. The van der Waals surface area contributed by atoms with Gasteiger partial charge in [-0.2, -0.15) is 5.10 Å². The van der Waals surface area contributed by atoms with Gasteiger partial charge >= 0.3 is 0 Å². The highest BCUT2D eigenvalue weighted by atomic mass is 16.5. The van der Waals surface area contributed by atoms with E-state index >= 15 is 0 Å². The first-order chi connectivity index (χ1) is 15.6. The molecule has 1 atom stereocenters. The van der Waals surface area contributed by atoms with Crippen LogP contribution in [0.1, 0.15) is 27.3 Å². The van der Waals surface area contributed by atoms with Gasteiger partial charge in [-0.1, -0.05) is 30.3 Å². The van der Waals surface area contributed by atoms with Crippen LogP contribution in [0.25, 0.3) is 16.8 Å². The van der Waals surface area contributed by atoms with Gasteiger partial charge in [-0.3, -0.25) is 9.78 Å². The van der Waals surface area contributed by atoms with Crippen molar-refractivity contribution in [3.05, 3.63) is 95.6 Å². The molecule has 5 rings (SSSR count). The van der Waals surface area contributed by atoms with E-state index in [4.69, 9.17) is 4.74 Å². The van der Waals surface area contributed by atoms with E-state index in [1.165, 1.54) is 0 Å². The van der Waals surface area contributed by atoms with Gasteiger partial charge in [0.15, 0.2) is 0 Å². The Labute approximate surface area is 186 Å². The molecule has 2 aromatic carbocycles. The molecule has 3 heterocycles. The zero-order chi connectivity index (χ0) is 22.1. The van der Waals surface area contributed by atoms with Crippen LogP contribution in [0.2, 0.25) is 0 Å². The number of ether oxygens (including phenoxy) is 1. The summed E-state index contributed by atoms with van der Waals surface area (Å²) in [4.78, 5) is 17.0. The molecule has 2 aromatic heterocycles. The molecule has 0 saturated carbocycles. The molecule has 1 N–H and O–H groups in total. The molecule has 32 heavy (non-hydrogen) atoms. The third kappa shape index (κ3) is 3.87. The van der Waals surface area contributed by atoms with Crippen LogP contribution in [0.5, 0.6) is 5.75 Å². The van der Waals surface area contributed by atoms with E-state index in [-0.39, 0.29) is 12.0 Å². The van der Waals surface area contributed by atoms with Crippen LogP contribution >= 0.6 is 0 Å². The number of nitrogens with one attached hydrogen (secondary N) is 1. The Morgan fingerprint density at radius 3 is 2.78 bits per heavy atom. The summed E-state index contributed by atoms with van der Waals surface area (Å²) in [5.74, 6) is 0.756. The number of carbonyl (C=O) groups excluding carboxylic acids is 1. The zero-order valence-corrected chi connectivity index (χ0v) is 18.1. The summed E-state index contributed by atoms with van der Waals surface area (Å²) in [7, 11) is 0. The molecule has 0 saturated heterocycles. The summed E-state index contributed by atoms with van der Waals surface area (Å²) in [6.45, 7) is 4.39. The first-order valence-electron chi connectivity index (χ1n) is 10.7. The Kier molecular flexibility index (Phi) is 5.19. The first kappa shape index (κ1) is 20.0. The lowest BCUT2D eigenvalue weighted by Gasteiger charge is -2.14. The Morgan fingerprint density at radius 1 is 1.12 bits per heavy atom. The van der Waals surface area contributed by atoms with Crippen molar-refractivity contribution in [2.24, 2.45) is 0 Å². The van der Waals surface area contributed by atoms with E-state index in [0.717, 1.165) is 45.9 Å². The number of amides is 1. The maximum Gasteiger partial charge on any atom is 0.251 e. The Hall–Kier alpha value is -3.93. The predicted molar refractivity (Wildman–Crippen MR) is 123 cm³/mol. The van der Waals surface area contributed by atoms with Crippen LogP contribution in [-0.4, -0.2) is 33.3 Å². The fourth-order valence-corrected chi connectivity index (χ4v) is 4.18. The van der Waals surface area contributed by atoms with E-state index in [2.05, 4.69) is 21.5 Å². The lowest BCUT2D eigenvalue weighted by molar-refractivity contribution is 0.0933. The lowest BCUT2D eigenvalue weighted by Crippen LogP contribution is -2.34. The van der Waals surface area contributed by atoms with Crippen molar-refractivity contribution in [1.29, 1.82) is 0 Å². The van der Waals surface area contributed by atoms with Crippen LogP contribution in [0.15, 0.2) is 73.1 Å². The van der Waals surface area contributed by atoms with Crippen LogP contribution in [0.4, 0.5) is 0 Å². The fourth-order valence-electron chi connectivity index (χ4n) is 4.18. The number of aryl methyl sites for hydroxylation is 2. The van der Waals surface area contributed by atoms with Crippen molar-refractivity contribution in [2.45, 2.75) is 26.4 Å². The average molecular weight is 425 g/mol. The van der Waals surface area contributed by atoms with Crippen molar-refractivity contribution in [3.8, 4) is 22.6 Å². The molecule has 0 spiro atoms. The summed E-state index contributed by atoms with van der Waals surface area (Å²) in [6, 6.07) is 19.6. The number of carbonyl (C=O) groups is 1. The van der Waals surface area contributed by atoms with Crippen LogP contribution in [-0.2, 0) is 6.42 Å². The minimum Gasteiger partial charge on any atom is -0.487 e. The fraction of sp³-hybridized carbons (Fsp3) is 0.192. The summed E-state index contributed by atoms with van der Waals surface area (Å²) < 4.78 is 8.08. The van der Waals surface area contributed by atoms with Gasteiger partial charge in [-0.25, -0.2) is 4.68 Å². The summed E-state index contributed by atoms with van der Waals surface area (Å²) in [5.41, 5.74) is 6.65. The minimum absolute atomic E-state index is 0.106. The monoisotopic (exact) mass is 424 g/mol. The van der Waals surface area contributed by atoms with Gasteiger partial charge in [-0.15, -0.1) is 0 Å². The smallest absolute Gasteiger partial charge is 0.251 e. The van der Waals surface area contributed by atoms with Gasteiger partial charge in [0.2, 0.25) is 0 Å². The number of hydrogen-bond donors (Lipinski definition) is 1. The largest absolute Gasteiger partial charge is 0.487 e.